The summed E-state index contributed by atoms with van der Waals surface area (Å²) in [6.45, 7) is 7.99. The number of aromatic hydroxyl groups is 1. The minimum Gasteiger partial charge on any atom is -0.507 e. The second-order valence-corrected chi connectivity index (χ2v) is 6.25. The second-order valence-electron chi connectivity index (χ2n) is 6.25. The summed E-state index contributed by atoms with van der Waals surface area (Å²) in [6, 6.07) is 13.0. The van der Waals surface area contributed by atoms with Crippen LogP contribution >= 0.6 is 0 Å². The fraction of sp³-hybridized carbons (Fsp3) is 0.318. The summed E-state index contributed by atoms with van der Waals surface area (Å²) in [5.74, 6) is 0.147. The van der Waals surface area contributed by atoms with Crippen molar-refractivity contribution in [1.82, 2.24) is 0 Å². The molecule has 0 aliphatic heterocycles. The highest BCUT2D eigenvalue weighted by atomic mass is 16.6. The van der Waals surface area contributed by atoms with Gasteiger partial charge >= 0.3 is 5.97 Å². The van der Waals surface area contributed by atoms with Gasteiger partial charge in [-0.3, -0.25) is 0 Å². The van der Waals surface area contributed by atoms with E-state index in [4.69, 9.17) is 9.47 Å². The van der Waals surface area contributed by atoms with E-state index >= 15 is 0 Å². The molecular weight excluding hydrogens is 328 g/mol. The van der Waals surface area contributed by atoms with Gasteiger partial charge in [-0.05, 0) is 50.5 Å². The van der Waals surface area contributed by atoms with E-state index < -0.39 is 12.1 Å². The second kappa shape index (κ2) is 9.09. The van der Waals surface area contributed by atoms with Gasteiger partial charge in [0, 0.05) is 11.6 Å². The van der Waals surface area contributed by atoms with Crippen LogP contribution in [0, 0.1) is 0 Å². The number of allylic oxidation sites excluding steroid dienone is 1. The molecule has 2 rings (SSSR count). The number of carbonyl (C=O) groups is 1. The smallest absolute Gasteiger partial charge is 0.347 e. The van der Waals surface area contributed by atoms with Crippen LogP contribution in [0.4, 0.5) is 0 Å². The molecule has 4 heteroatoms. The van der Waals surface area contributed by atoms with E-state index in [0.717, 1.165) is 16.7 Å². The van der Waals surface area contributed by atoms with Crippen molar-refractivity contribution < 1.29 is 19.4 Å². The molecule has 0 aromatic heterocycles. The zero-order valence-corrected chi connectivity index (χ0v) is 15.8. The van der Waals surface area contributed by atoms with Crippen LogP contribution < -0.4 is 4.74 Å². The molecule has 0 aliphatic rings. The van der Waals surface area contributed by atoms with Crippen LogP contribution in [0.5, 0.6) is 11.5 Å². The largest absolute Gasteiger partial charge is 0.507 e. The van der Waals surface area contributed by atoms with E-state index in [9.17, 15) is 9.90 Å². The third-order valence-electron chi connectivity index (χ3n) is 3.86. The molecule has 4 nitrogen and oxygen atoms in total. The van der Waals surface area contributed by atoms with Gasteiger partial charge < -0.3 is 14.6 Å². The Morgan fingerprint density at radius 1 is 1.12 bits per heavy atom. The lowest BCUT2D eigenvalue weighted by Gasteiger charge is -2.17. The third-order valence-corrected chi connectivity index (χ3v) is 3.86. The number of hydrogen-bond donors (Lipinski definition) is 1. The Balaban J connectivity index is 2.31. The highest BCUT2D eigenvalue weighted by molar-refractivity contribution is 5.80. The third kappa shape index (κ3) is 4.88. The molecule has 0 radical (unpaired) electrons. The van der Waals surface area contributed by atoms with Gasteiger partial charge in [-0.2, -0.15) is 0 Å². The SMILES string of the molecule is CCOC(=O)C(CC)Oc1ccc(-c2ccccc2C=C(C)C)c(O)c1. The van der Waals surface area contributed by atoms with Crippen molar-refractivity contribution in [3.63, 3.8) is 0 Å². The van der Waals surface area contributed by atoms with E-state index in [2.05, 4.69) is 6.08 Å². The highest BCUT2D eigenvalue weighted by Crippen LogP contribution is 2.35. The summed E-state index contributed by atoms with van der Waals surface area (Å²) < 4.78 is 10.7. The van der Waals surface area contributed by atoms with Gasteiger partial charge in [0.25, 0.3) is 0 Å². The number of ether oxygens (including phenoxy) is 2. The molecule has 0 saturated carbocycles. The summed E-state index contributed by atoms with van der Waals surface area (Å²) in [5.41, 5.74) is 3.87. The molecule has 0 amide bonds. The van der Waals surface area contributed by atoms with Crippen LogP contribution in [0.2, 0.25) is 0 Å². The van der Waals surface area contributed by atoms with Crippen molar-refractivity contribution in [2.24, 2.45) is 0 Å². The van der Waals surface area contributed by atoms with Crippen molar-refractivity contribution in [3.8, 4) is 22.6 Å². The number of benzene rings is 2. The molecular formula is C22H26O4. The fourth-order valence-corrected chi connectivity index (χ4v) is 2.69. The first-order valence-corrected chi connectivity index (χ1v) is 8.86. The Labute approximate surface area is 155 Å². The number of rotatable bonds is 7. The lowest BCUT2D eigenvalue weighted by molar-refractivity contribution is -0.151. The van der Waals surface area contributed by atoms with Crippen molar-refractivity contribution in [1.29, 1.82) is 0 Å². The van der Waals surface area contributed by atoms with E-state index in [1.165, 1.54) is 11.6 Å². The first-order valence-electron chi connectivity index (χ1n) is 8.86. The van der Waals surface area contributed by atoms with Crippen molar-refractivity contribution in [2.75, 3.05) is 6.61 Å². The first-order chi connectivity index (χ1) is 12.5. The Morgan fingerprint density at radius 3 is 2.46 bits per heavy atom. The zero-order valence-electron chi connectivity index (χ0n) is 15.8. The van der Waals surface area contributed by atoms with Crippen LogP contribution in [0.3, 0.4) is 0 Å². The van der Waals surface area contributed by atoms with Crippen molar-refractivity contribution in [3.05, 3.63) is 53.6 Å². The number of phenols is 1. The normalized spacial score (nSPS) is 11.5. The topological polar surface area (TPSA) is 55.8 Å². The van der Waals surface area contributed by atoms with Crippen LogP contribution in [0.15, 0.2) is 48.0 Å². The minimum atomic E-state index is -0.682. The molecule has 1 atom stereocenters. The molecule has 0 heterocycles. The predicted molar refractivity (Wildman–Crippen MR) is 104 cm³/mol. The maximum absolute atomic E-state index is 11.9. The standard InChI is InChI=1S/C22H26O4/c1-5-21(22(24)25-6-2)26-17-11-12-19(20(23)14-17)18-10-8-7-9-16(18)13-15(3)4/h7-14,21,23H,5-6H2,1-4H3. The van der Waals surface area contributed by atoms with Crippen LogP contribution in [0.1, 0.15) is 39.7 Å². The fourth-order valence-electron chi connectivity index (χ4n) is 2.69. The van der Waals surface area contributed by atoms with Crippen molar-refractivity contribution in [2.45, 2.75) is 40.2 Å². The molecule has 138 valence electrons. The van der Waals surface area contributed by atoms with E-state index in [1.54, 1.807) is 19.1 Å². The average molecular weight is 354 g/mol. The van der Waals surface area contributed by atoms with E-state index in [-0.39, 0.29) is 5.75 Å². The molecule has 1 unspecified atom stereocenters. The summed E-state index contributed by atoms with van der Waals surface area (Å²) in [5, 5.41) is 10.5. The molecule has 0 aliphatic carbocycles. The number of carbonyl (C=O) groups excluding carboxylic acids is 1. The molecule has 2 aromatic carbocycles. The number of esters is 1. The van der Waals surface area contributed by atoms with Gasteiger partial charge in [0.1, 0.15) is 11.5 Å². The first kappa shape index (κ1) is 19.6. The van der Waals surface area contributed by atoms with Gasteiger partial charge in [-0.25, -0.2) is 4.79 Å². The average Bonchev–Trinajstić information content (AvgIpc) is 2.60. The Hall–Kier alpha value is -2.75. The number of phenolic OH excluding ortho intramolecular Hbond substituents is 1. The maximum atomic E-state index is 11.9. The molecule has 1 N–H and O–H groups in total. The lowest BCUT2D eigenvalue weighted by Crippen LogP contribution is -2.28. The molecule has 26 heavy (non-hydrogen) atoms. The van der Waals surface area contributed by atoms with Crippen LogP contribution in [-0.2, 0) is 9.53 Å². The van der Waals surface area contributed by atoms with E-state index in [0.29, 0.717) is 18.8 Å². The zero-order chi connectivity index (χ0) is 19.1. The van der Waals surface area contributed by atoms with Gasteiger partial charge in [0.2, 0.25) is 0 Å². The molecule has 0 saturated heterocycles. The molecule has 0 fully saturated rings. The Bertz CT molecular complexity index is 788. The summed E-state index contributed by atoms with van der Waals surface area (Å²) in [4.78, 5) is 11.9. The van der Waals surface area contributed by atoms with Crippen molar-refractivity contribution >= 4 is 12.0 Å². The maximum Gasteiger partial charge on any atom is 0.347 e. The summed E-state index contributed by atoms with van der Waals surface area (Å²) in [6.07, 6.45) is 1.89. The quantitative estimate of drug-likeness (QED) is 0.694. The minimum absolute atomic E-state index is 0.107. The molecule has 0 spiro atoms. The van der Waals surface area contributed by atoms with Crippen LogP contribution in [-0.4, -0.2) is 23.8 Å². The molecule has 2 aromatic rings. The van der Waals surface area contributed by atoms with Gasteiger partial charge in [-0.1, -0.05) is 42.8 Å². The van der Waals surface area contributed by atoms with E-state index in [1.807, 2.05) is 45.0 Å². The van der Waals surface area contributed by atoms with Crippen LogP contribution in [0.25, 0.3) is 17.2 Å². The summed E-state index contributed by atoms with van der Waals surface area (Å²) in [7, 11) is 0. The van der Waals surface area contributed by atoms with Gasteiger partial charge in [0.05, 0.1) is 6.61 Å². The predicted octanol–water partition coefficient (Wildman–Crippen LogP) is 5.20. The summed E-state index contributed by atoms with van der Waals surface area (Å²) >= 11 is 0. The van der Waals surface area contributed by atoms with Gasteiger partial charge in [-0.15, -0.1) is 0 Å². The monoisotopic (exact) mass is 354 g/mol. The lowest BCUT2D eigenvalue weighted by atomic mass is 9.97. The molecule has 0 bridgehead atoms. The van der Waals surface area contributed by atoms with Gasteiger partial charge in [0.15, 0.2) is 6.10 Å². The Kier molecular flexibility index (Phi) is 6.84. The highest BCUT2D eigenvalue weighted by Gasteiger charge is 2.20. The number of hydrogen-bond acceptors (Lipinski definition) is 4. The Morgan fingerprint density at radius 2 is 1.85 bits per heavy atom.